The summed E-state index contributed by atoms with van der Waals surface area (Å²) in [6.45, 7) is 2.52. The zero-order valence-corrected chi connectivity index (χ0v) is 11.5. The number of amides is 1. The van der Waals surface area contributed by atoms with E-state index in [1.54, 1.807) is 7.11 Å². The van der Waals surface area contributed by atoms with Gasteiger partial charge in [-0.15, -0.1) is 0 Å². The van der Waals surface area contributed by atoms with E-state index in [4.69, 9.17) is 10.5 Å². The number of hydrogen-bond donors (Lipinski definition) is 1. The number of likely N-dealkylation sites (tertiary alicyclic amines) is 1. The highest BCUT2D eigenvalue weighted by molar-refractivity contribution is 5.86. The van der Waals surface area contributed by atoms with E-state index in [1.165, 1.54) is 6.42 Å². The molecule has 1 aliphatic carbocycles. The SMILES string of the molecule is COCC1CCN(C(=O)C2(N)CCCCC2)CC1. The number of nitrogens with zero attached hydrogens (tertiary/aromatic N) is 1. The van der Waals surface area contributed by atoms with E-state index in [0.717, 1.165) is 58.2 Å². The molecule has 0 radical (unpaired) electrons. The lowest BCUT2D eigenvalue weighted by Gasteiger charge is -2.39. The van der Waals surface area contributed by atoms with Gasteiger partial charge in [0.25, 0.3) is 0 Å². The lowest BCUT2D eigenvalue weighted by molar-refractivity contribution is -0.140. The molecule has 0 unspecified atom stereocenters. The minimum atomic E-state index is -0.563. The standard InChI is InChI=1S/C14H26N2O2/c1-18-11-12-5-9-16(10-6-12)13(17)14(15)7-3-2-4-8-14/h12H,2-11,15H2,1H3. The van der Waals surface area contributed by atoms with Gasteiger partial charge in [0.15, 0.2) is 0 Å². The van der Waals surface area contributed by atoms with Crippen LogP contribution >= 0.6 is 0 Å². The third-order valence-electron chi connectivity index (χ3n) is 4.48. The van der Waals surface area contributed by atoms with Gasteiger partial charge in [-0.1, -0.05) is 19.3 Å². The van der Waals surface area contributed by atoms with Gasteiger partial charge < -0.3 is 15.4 Å². The maximum Gasteiger partial charge on any atom is 0.242 e. The molecule has 2 aliphatic rings. The number of carbonyl (C=O) groups is 1. The van der Waals surface area contributed by atoms with E-state index in [0.29, 0.717) is 5.92 Å². The van der Waals surface area contributed by atoms with Crippen molar-refractivity contribution in [3.8, 4) is 0 Å². The van der Waals surface area contributed by atoms with Gasteiger partial charge in [-0.05, 0) is 31.6 Å². The van der Waals surface area contributed by atoms with E-state index in [2.05, 4.69) is 0 Å². The highest BCUT2D eigenvalue weighted by Gasteiger charge is 2.39. The lowest BCUT2D eigenvalue weighted by Crippen LogP contribution is -2.57. The fraction of sp³-hybridized carbons (Fsp3) is 0.929. The predicted molar refractivity (Wildman–Crippen MR) is 71.2 cm³/mol. The Morgan fingerprint density at radius 2 is 1.89 bits per heavy atom. The summed E-state index contributed by atoms with van der Waals surface area (Å²) in [7, 11) is 1.74. The van der Waals surface area contributed by atoms with Crippen LogP contribution in [0.3, 0.4) is 0 Å². The normalized spacial score (nSPS) is 25.1. The minimum Gasteiger partial charge on any atom is -0.384 e. The fourth-order valence-corrected chi connectivity index (χ4v) is 3.25. The summed E-state index contributed by atoms with van der Waals surface area (Å²) in [5.41, 5.74) is 5.75. The van der Waals surface area contributed by atoms with Gasteiger partial charge in [-0.25, -0.2) is 0 Å². The Morgan fingerprint density at radius 3 is 2.44 bits per heavy atom. The summed E-state index contributed by atoms with van der Waals surface area (Å²) in [6.07, 6.45) is 7.26. The van der Waals surface area contributed by atoms with Crippen molar-refractivity contribution in [3.05, 3.63) is 0 Å². The number of nitrogens with two attached hydrogens (primary N) is 1. The van der Waals surface area contributed by atoms with Gasteiger partial charge in [0, 0.05) is 26.8 Å². The molecule has 0 bridgehead atoms. The molecule has 2 N–H and O–H groups in total. The second-order valence-corrected chi connectivity index (χ2v) is 5.91. The Morgan fingerprint density at radius 1 is 1.28 bits per heavy atom. The molecule has 2 fully saturated rings. The molecule has 18 heavy (non-hydrogen) atoms. The van der Waals surface area contributed by atoms with Gasteiger partial charge in [0.1, 0.15) is 0 Å². The first-order valence-electron chi connectivity index (χ1n) is 7.23. The molecule has 2 rings (SSSR count). The molecule has 1 saturated heterocycles. The van der Waals surface area contributed by atoms with E-state index >= 15 is 0 Å². The van der Waals surface area contributed by atoms with Gasteiger partial charge in [0.05, 0.1) is 5.54 Å². The van der Waals surface area contributed by atoms with E-state index in [-0.39, 0.29) is 5.91 Å². The summed E-state index contributed by atoms with van der Waals surface area (Å²) < 4.78 is 5.19. The highest BCUT2D eigenvalue weighted by atomic mass is 16.5. The Labute approximate surface area is 110 Å². The van der Waals surface area contributed by atoms with Crippen molar-refractivity contribution in [1.29, 1.82) is 0 Å². The first kappa shape index (κ1) is 13.8. The minimum absolute atomic E-state index is 0.193. The maximum absolute atomic E-state index is 12.5. The summed E-state index contributed by atoms with van der Waals surface area (Å²) in [6, 6.07) is 0. The molecule has 0 atom stereocenters. The zero-order valence-electron chi connectivity index (χ0n) is 11.5. The van der Waals surface area contributed by atoms with E-state index < -0.39 is 5.54 Å². The van der Waals surface area contributed by atoms with E-state index in [9.17, 15) is 4.79 Å². The second-order valence-electron chi connectivity index (χ2n) is 5.91. The van der Waals surface area contributed by atoms with Crippen LogP contribution in [0.2, 0.25) is 0 Å². The van der Waals surface area contributed by atoms with Gasteiger partial charge in [-0.2, -0.15) is 0 Å². The molecule has 1 saturated carbocycles. The van der Waals surface area contributed by atoms with Crippen molar-refractivity contribution in [3.63, 3.8) is 0 Å². The summed E-state index contributed by atoms with van der Waals surface area (Å²) >= 11 is 0. The van der Waals surface area contributed by atoms with Crippen LogP contribution in [0.15, 0.2) is 0 Å². The van der Waals surface area contributed by atoms with Gasteiger partial charge in [0.2, 0.25) is 5.91 Å². The third kappa shape index (κ3) is 3.04. The number of hydrogen-bond acceptors (Lipinski definition) is 3. The van der Waals surface area contributed by atoms with Crippen molar-refractivity contribution in [1.82, 2.24) is 4.90 Å². The van der Waals surface area contributed by atoms with Crippen molar-refractivity contribution >= 4 is 5.91 Å². The van der Waals surface area contributed by atoms with Crippen LogP contribution in [0.5, 0.6) is 0 Å². The quantitative estimate of drug-likeness (QED) is 0.831. The molecule has 0 aromatic carbocycles. The van der Waals surface area contributed by atoms with Crippen molar-refractivity contribution in [2.75, 3.05) is 26.8 Å². The Hall–Kier alpha value is -0.610. The molecule has 1 aliphatic heterocycles. The largest absolute Gasteiger partial charge is 0.384 e. The first-order valence-corrected chi connectivity index (χ1v) is 7.23. The summed E-state index contributed by atoms with van der Waals surface area (Å²) in [5.74, 6) is 0.803. The molecule has 0 spiro atoms. The van der Waals surface area contributed by atoms with Crippen LogP contribution < -0.4 is 5.73 Å². The monoisotopic (exact) mass is 254 g/mol. The predicted octanol–water partition coefficient (Wildman–Crippen LogP) is 1.53. The zero-order chi connectivity index (χ0) is 13.0. The second kappa shape index (κ2) is 6.02. The first-order chi connectivity index (χ1) is 8.65. The number of piperidine rings is 1. The Kier molecular flexibility index (Phi) is 4.62. The average Bonchev–Trinajstić information content (AvgIpc) is 2.40. The molecule has 0 aromatic rings. The number of rotatable bonds is 3. The Balaban J connectivity index is 1.86. The smallest absolute Gasteiger partial charge is 0.242 e. The molecule has 1 heterocycles. The Bertz CT molecular complexity index is 280. The molecule has 4 nitrogen and oxygen atoms in total. The third-order valence-corrected chi connectivity index (χ3v) is 4.48. The maximum atomic E-state index is 12.5. The summed E-state index contributed by atoms with van der Waals surface area (Å²) in [5, 5.41) is 0. The molecule has 104 valence electrons. The topological polar surface area (TPSA) is 55.6 Å². The molecule has 0 aromatic heterocycles. The van der Waals surface area contributed by atoms with Gasteiger partial charge >= 0.3 is 0 Å². The molecular weight excluding hydrogens is 228 g/mol. The van der Waals surface area contributed by atoms with Crippen LogP contribution in [0.25, 0.3) is 0 Å². The van der Waals surface area contributed by atoms with Crippen molar-refractivity contribution < 1.29 is 9.53 Å². The van der Waals surface area contributed by atoms with Gasteiger partial charge in [-0.3, -0.25) is 4.79 Å². The number of ether oxygens (including phenoxy) is 1. The van der Waals surface area contributed by atoms with Crippen molar-refractivity contribution in [2.24, 2.45) is 11.7 Å². The average molecular weight is 254 g/mol. The number of carbonyl (C=O) groups excluding carboxylic acids is 1. The van der Waals surface area contributed by atoms with Crippen LogP contribution in [0.4, 0.5) is 0 Å². The lowest BCUT2D eigenvalue weighted by atomic mass is 9.81. The molecular formula is C14H26N2O2. The highest BCUT2D eigenvalue weighted by Crippen LogP contribution is 2.29. The van der Waals surface area contributed by atoms with Crippen molar-refractivity contribution in [2.45, 2.75) is 50.5 Å². The molecule has 4 heteroatoms. The fourth-order valence-electron chi connectivity index (χ4n) is 3.25. The van der Waals surface area contributed by atoms with E-state index in [1.807, 2.05) is 4.90 Å². The van der Waals surface area contributed by atoms with Crippen LogP contribution in [0.1, 0.15) is 44.9 Å². The number of methoxy groups -OCH3 is 1. The van der Waals surface area contributed by atoms with Crippen LogP contribution in [0, 0.1) is 5.92 Å². The van der Waals surface area contributed by atoms with Crippen LogP contribution in [-0.2, 0) is 9.53 Å². The summed E-state index contributed by atoms with van der Waals surface area (Å²) in [4.78, 5) is 14.5. The van der Waals surface area contributed by atoms with Crippen LogP contribution in [-0.4, -0.2) is 43.2 Å². The molecule has 1 amide bonds.